The lowest BCUT2D eigenvalue weighted by atomic mass is 10.2. The number of fused-ring (bicyclic) bond motifs is 2. The number of carbonyl (C=O) groups excluding carboxylic acids is 1. The van der Waals surface area contributed by atoms with Crippen LogP contribution >= 0.6 is 0 Å². The smallest absolute Gasteiger partial charge is 0.256 e. The van der Waals surface area contributed by atoms with Gasteiger partial charge in [0.1, 0.15) is 11.6 Å². The Balaban J connectivity index is 1.51. The van der Waals surface area contributed by atoms with Gasteiger partial charge in [-0.1, -0.05) is 0 Å². The van der Waals surface area contributed by atoms with Crippen molar-refractivity contribution in [2.45, 2.75) is 11.5 Å². The molecule has 2 aromatic carbocycles. The van der Waals surface area contributed by atoms with Crippen molar-refractivity contribution in [3.05, 3.63) is 59.3 Å². The highest BCUT2D eigenvalue weighted by atomic mass is 32.2. The first-order chi connectivity index (χ1) is 14.1. The van der Waals surface area contributed by atoms with Gasteiger partial charge in [0.25, 0.3) is 5.91 Å². The van der Waals surface area contributed by atoms with Crippen LogP contribution in [0.5, 0.6) is 17.2 Å². The molecule has 9 heteroatoms. The zero-order chi connectivity index (χ0) is 20.0. The highest BCUT2D eigenvalue weighted by Crippen LogP contribution is 2.34. The molecule has 0 saturated heterocycles. The summed E-state index contributed by atoms with van der Waals surface area (Å²) in [5, 5.41) is 7.54. The molecule has 0 saturated carbocycles. The summed E-state index contributed by atoms with van der Waals surface area (Å²) in [5.41, 5.74) is 2.74. The summed E-state index contributed by atoms with van der Waals surface area (Å²) in [5.74, 6) is 2.83. The van der Waals surface area contributed by atoms with Crippen LogP contribution in [0, 0.1) is 0 Å². The Morgan fingerprint density at radius 1 is 1.14 bits per heavy atom. The maximum atomic E-state index is 12.9. The van der Waals surface area contributed by atoms with E-state index in [9.17, 15) is 9.00 Å². The van der Waals surface area contributed by atoms with E-state index in [2.05, 4.69) is 10.4 Å². The van der Waals surface area contributed by atoms with Gasteiger partial charge in [0.15, 0.2) is 11.5 Å². The van der Waals surface area contributed by atoms with Gasteiger partial charge < -0.3 is 19.5 Å². The molecule has 1 aromatic heterocycles. The molecule has 3 heterocycles. The van der Waals surface area contributed by atoms with Crippen LogP contribution in [-0.4, -0.2) is 33.8 Å². The van der Waals surface area contributed by atoms with Gasteiger partial charge in [0, 0.05) is 21.9 Å². The van der Waals surface area contributed by atoms with Crippen molar-refractivity contribution < 1.29 is 23.2 Å². The number of anilines is 1. The lowest BCUT2D eigenvalue weighted by Gasteiger charge is -2.12. The molecule has 1 atom stereocenters. The Hall–Kier alpha value is -3.33. The van der Waals surface area contributed by atoms with Crippen molar-refractivity contribution in [3.8, 4) is 22.9 Å². The van der Waals surface area contributed by atoms with Crippen LogP contribution in [0.1, 0.15) is 21.6 Å². The first-order valence-electron chi connectivity index (χ1n) is 8.93. The van der Waals surface area contributed by atoms with Gasteiger partial charge in [-0.3, -0.25) is 9.00 Å². The minimum absolute atomic E-state index is 0.143. The van der Waals surface area contributed by atoms with Crippen LogP contribution in [0.25, 0.3) is 5.69 Å². The van der Waals surface area contributed by atoms with Crippen LogP contribution < -0.4 is 19.5 Å². The molecule has 1 amide bonds. The Labute approximate surface area is 168 Å². The van der Waals surface area contributed by atoms with E-state index in [4.69, 9.17) is 14.2 Å². The van der Waals surface area contributed by atoms with Gasteiger partial charge in [-0.05, 0) is 42.5 Å². The minimum atomic E-state index is -1.01. The molecule has 8 nitrogen and oxygen atoms in total. The molecule has 148 valence electrons. The van der Waals surface area contributed by atoms with Crippen molar-refractivity contribution in [1.82, 2.24) is 9.78 Å². The molecule has 1 N–H and O–H groups in total. The van der Waals surface area contributed by atoms with Crippen molar-refractivity contribution in [1.29, 1.82) is 0 Å². The van der Waals surface area contributed by atoms with Crippen LogP contribution in [0.2, 0.25) is 0 Å². The molecule has 0 radical (unpaired) electrons. The van der Waals surface area contributed by atoms with E-state index < -0.39 is 10.8 Å². The minimum Gasteiger partial charge on any atom is -0.497 e. The van der Waals surface area contributed by atoms with Gasteiger partial charge in [-0.2, -0.15) is 5.10 Å². The summed E-state index contributed by atoms with van der Waals surface area (Å²) < 4.78 is 29.6. The first kappa shape index (κ1) is 17.7. The van der Waals surface area contributed by atoms with Gasteiger partial charge in [0.05, 0.1) is 30.0 Å². The van der Waals surface area contributed by atoms with Gasteiger partial charge in [0.2, 0.25) is 6.79 Å². The highest BCUT2D eigenvalue weighted by molar-refractivity contribution is 7.83. The van der Waals surface area contributed by atoms with Crippen LogP contribution in [0.3, 0.4) is 0 Å². The monoisotopic (exact) mass is 411 g/mol. The van der Waals surface area contributed by atoms with Gasteiger partial charge in [-0.15, -0.1) is 0 Å². The Morgan fingerprint density at radius 2 is 1.93 bits per heavy atom. The number of methoxy groups -OCH3 is 1. The molecule has 29 heavy (non-hydrogen) atoms. The lowest BCUT2D eigenvalue weighted by Crippen LogP contribution is -2.16. The fraction of sp³-hybridized carbons (Fsp3) is 0.200. The molecular weight excluding hydrogens is 394 g/mol. The normalized spacial score (nSPS) is 16.5. The van der Waals surface area contributed by atoms with E-state index in [1.54, 1.807) is 30.0 Å². The van der Waals surface area contributed by atoms with E-state index in [1.165, 1.54) is 0 Å². The van der Waals surface area contributed by atoms with Crippen molar-refractivity contribution in [3.63, 3.8) is 0 Å². The van der Waals surface area contributed by atoms with E-state index >= 15 is 0 Å². The Kier molecular flexibility index (Phi) is 4.24. The molecule has 1 unspecified atom stereocenters. The third-order valence-electron chi connectivity index (χ3n) is 4.85. The number of hydrogen-bond donors (Lipinski definition) is 1. The second kappa shape index (κ2) is 6.93. The van der Waals surface area contributed by atoms with Gasteiger partial charge in [-0.25, -0.2) is 4.68 Å². The number of benzene rings is 2. The first-order valence-corrected chi connectivity index (χ1v) is 10.4. The number of amides is 1. The maximum absolute atomic E-state index is 12.9. The van der Waals surface area contributed by atoms with Gasteiger partial charge >= 0.3 is 0 Å². The fourth-order valence-corrected chi connectivity index (χ4v) is 4.65. The second-order valence-corrected chi connectivity index (χ2v) is 8.09. The number of nitrogens with zero attached hydrogens (tertiary/aromatic N) is 2. The topological polar surface area (TPSA) is 91.7 Å². The number of ether oxygens (including phenoxy) is 3. The second-order valence-electron chi connectivity index (χ2n) is 6.63. The van der Waals surface area contributed by atoms with E-state index in [1.807, 2.05) is 24.3 Å². The fourth-order valence-electron chi connectivity index (χ4n) is 3.38. The summed E-state index contributed by atoms with van der Waals surface area (Å²) in [4.78, 5) is 12.9. The summed E-state index contributed by atoms with van der Waals surface area (Å²) in [7, 11) is 0.590. The molecule has 3 aromatic rings. The van der Waals surface area contributed by atoms with E-state index in [-0.39, 0.29) is 12.7 Å². The Bertz CT molecular complexity index is 1140. The third-order valence-corrected chi connectivity index (χ3v) is 6.06. The predicted octanol–water partition coefficient (Wildman–Crippen LogP) is 2.62. The third kappa shape index (κ3) is 3.13. The molecule has 2 aliphatic rings. The zero-order valence-corrected chi connectivity index (χ0v) is 16.3. The molecule has 0 spiro atoms. The Morgan fingerprint density at radius 3 is 2.72 bits per heavy atom. The quantitative estimate of drug-likeness (QED) is 0.710. The molecule has 5 rings (SSSR count). The van der Waals surface area contributed by atoms with Crippen LogP contribution in [0.15, 0.2) is 42.5 Å². The lowest BCUT2D eigenvalue weighted by molar-refractivity contribution is 0.102. The predicted molar refractivity (Wildman–Crippen MR) is 106 cm³/mol. The largest absolute Gasteiger partial charge is 0.497 e. The van der Waals surface area contributed by atoms with Crippen LogP contribution in [0.4, 0.5) is 5.82 Å². The summed E-state index contributed by atoms with van der Waals surface area (Å²) in [6, 6.07) is 12.4. The average molecular weight is 411 g/mol. The summed E-state index contributed by atoms with van der Waals surface area (Å²) >= 11 is 0. The maximum Gasteiger partial charge on any atom is 0.256 e. The number of carbonyl (C=O) groups is 1. The molecule has 0 fully saturated rings. The average Bonchev–Trinajstić information content (AvgIpc) is 3.42. The standard InChI is InChI=1S/C20H17N3O5S/c1-26-14-5-3-13(4-6-14)23-19(15-9-29(25)10-16(15)22-23)21-20(24)12-2-7-17-18(8-12)28-11-27-17/h2-8H,9-11H2,1H3,(H,21,24). The van der Waals surface area contributed by atoms with E-state index in [0.29, 0.717) is 34.4 Å². The number of rotatable bonds is 4. The highest BCUT2D eigenvalue weighted by Gasteiger charge is 2.29. The zero-order valence-electron chi connectivity index (χ0n) is 15.5. The van der Waals surface area contributed by atoms with E-state index in [0.717, 1.165) is 22.7 Å². The van der Waals surface area contributed by atoms with Crippen molar-refractivity contribution >= 4 is 22.5 Å². The number of aromatic nitrogens is 2. The molecule has 2 aliphatic heterocycles. The molecular formula is C20H17N3O5S. The summed E-state index contributed by atoms with van der Waals surface area (Å²) in [6.07, 6.45) is 0. The molecule has 0 aliphatic carbocycles. The SMILES string of the molecule is COc1ccc(-n2nc3c(c2NC(=O)c2ccc4c(c2)OCO4)CS(=O)C3)cc1. The summed E-state index contributed by atoms with van der Waals surface area (Å²) in [6.45, 7) is 0.143. The number of hydrogen-bond acceptors (Lipinski definition) is 6. The van der Waals surface area contributed by atoms with Crippen LogP contribution in [-0.2, 0) is 22.3 Å². The molecule has 0 bridgehead atoms. The van der Waals surface area contributed by atoms with Crippen molar-refractivity contribution in [2.75, 3.05) is 19.2 Å². The number of nitrogens with one attached hydrogen (secondary N) is 1. The van der Waals surface area contributed by atoms with Crippen molar-refractivity contribution in [2.24, 2.45) is 0 Å².